The first-order chi connectivity index (χ1) is 15.6. The van der Waals surface area contributed by atoms with E-state index in [1.807, 2.05) is 49.6 Å². The Morgan fingerprint density at radius 3 is 2.64 bits per heavy atom. The summed E-state index contributed by atoms with van der Waals surface area (Å²) in [7, 11) is 0. The normalized spacial score (nSPS) is 17.5. The molecule has 0 saturated carbocycles. The number of fused-ring (bicyclic) bond motifs is 3. The van der Waals surface area contributed by atoms with Gasteiger partial charge in [0.25, 0.3) is 0 Å². The van der Waals surface area contributed by atoms with Gasteiger partial charge < -0.3 is 19.3 Å². The molecule has 3 aromatic rings. The first-order valence-corrected chi connectivity index (χ1v) is 12.1. The molecule has 0 bridgehead atoms. The van der Waals surface area contributed by atoms with Gasteiger partial charge in [0.05, 0.1) is 35.2 Å². The second-order valence-corrected chi connectivity index (χ2v) is 10.5. The predicted octanol–water partition coefficient (Wildman–Crippen LogP) is 5.08. The molecule has 1 aromatic carbocycles. The molecule has 1 atom stereocenters. The van der Waals surface area contributed by atoms with Crippen LogP contribution in [0.5, 0.6) is 0 Å². The second kappa shape index (κ2) is 9.11. The van der Waals surface area contributed by atoms with Crippen molar-refractivity contribution in [2.45, 2.75) is 70.6 Å². The fourth-order valence-electron chi connectivity index (χ4n) is 4.48. The number of aliphatic hydroxyl groups is 1. The van der Waals surface area contributed by atoms with Crippen LogP contribution in [0.3, 0.4) is 0 Å². The molecule has 8 heteroatoms. The number of nitrogens with zero attached hydrogens (tertiary/aromatic N) is 4. The molecule has 1 N–H and O–H groups in total. The highest BCUT2D eigenvalue weighted by molar-refractivity contribution is 6.17. The number of rotatable bonds is 5. The highest BCUT2D eigenvalue weighted by atomic mass is 35.5. The van der Waals surface area contributed by atoms with Crippen molar-refractivity contribution in [3.63, 3.8) is 0 Å². The SMILES string of the molecule is CC(CCCl)c1nc2ccccc2c2c1ncn2CC1(O)CCN(C(=O)OC(C)(C)C)CC1. The summed E-state index contributed by atoms with van der Waals surface area (Å²) in [5.41, 5.74) is 2.23. The van der Waals surface area contributed by atoms with Crippen molar-refractivity contribution in [2.75, 3.05) is 19.0 Å². The van der Waals surface area contributed by atoms with E-state index in [0.717, 1.165) is 34.1 Å². The lowest BCUT2D eigenvalue weighted by atomic mass is 9.91. The Morgan fingerprint density at radius 1 is 1.27 bits per heavy atom. The maximum absolute atomic E-state index is 12.4. The van der Waals surface area contributed by atoms with Gasteiger partial charge in [0.2, 0.25) is 0 Å². The molecule has 178 valence electrons. The van der Waals surface area contributed by atoms with E-state index < -0.39 is 11.2 Å². The van der Waals surface area contributed by atoms with Crippen LogP contribution < -0.4 is 0 Å². The first-order valence-electron chi connectivity index (χ1n) is 11.6. The number of carbonyl (C=O) groups is 1. The van der Waals surface area contributed by atoms with Crippen LogP contribution in [0.1, 0.15) is 58.6 Å². The van der Waals surface area contributed by atoms with Gasteiger partial charge in [-0.2, -0.15) is 0 Å². The van der Waals surface area contributed by atoms with Crippen LogP contribution in [0.15, 0.2) is 30.6 Å². The van der Waals surface area contributed by atoms with Crippen LogP contribution in [0.2, 0.25) is 0 Å². The number of carbonyl (C=O) groups excluding carboxylic acids is 1. The van der Waals surface area contributed by atoms with E-state index >= 15 is 0 Å². The van der Waals surface area contributed by atoms with Crippen LogP contribution in [0, 0.1) is 0 Å². The minimum atomic E-state index is -0.932. The lowest BCUT2D eigenvalue weighted by Gasteiger charge is -2.38. The van der Waals surface area contributed by atoms with Gasteiger partial charge >= 0.3 is 6.09 Å². The number of aromatic nitrogens is 3. The Hall–Kier alpha value is -2.38. The number of imidazole rings is 1. The maximum Gasteiger partial charge on any atom is 0.410 e. The van der Waals surface area contributed by atoms with Crippen molar-refractivity contribution in [3.8, 4) is 0 Å². The molecule has 1 aliphatic rings. The van der Waals surface area contributed by atoms with Gasteiger partial charge in [0.1, 0.15) is 11.1 Å². The third-order valence-corrected chi connectivity index (χ3v) is 6.52. The molecule has 1 fully saturated rings. The Balaban J connectivity index is 1.61. The summed E-state index contributed by atoms with van der Waals surface area (Å²) in [4.78, 5) is 23.7. The fourth-order valence-corrected chi connectivity index (χ4v) is 4.80. The van der Waals surface area contributed by atoms with Crippen molar-refractivity contribution < 1.29 is 14.6 Å². The minimum Gasteiger partial charge on any atom is -0.444 e. The third-order valence-electron chi connectivity index (χ3n) is 6.30. The number of piperidine rings is 1. The number of hydrogen-bond donors (Lipinski definition) is 1. The number of para-hydroxylation sites is 1. The molecular formula is C25H33ClN4O3. The quantitative estimate of drug-likeness (QED) is 0.524. The molecule has 1 aliphatic heterocycles. The Kier molecular flexibility index (Phi) is 6.56. The number of benzene rings is 1. The van der Waals surface area contributed by atoms with Gasteiger partial charge in [-0.05, 0) is 46.1 Å². The van der Waals surface area contributed by atoms with Gasteiger partial charge in [-0.3, -0.25) is 4.98 Å². The fraction of sp³-hybridized carbons (Fsp3) is 0.560. The molecule has 2 aromatic heterocycles. The zero-order valence-electron chi connectivity index (χ0n) is 19.8. The van der Waals surface area contributed by atoms with Gasteiger partial charge in [-0.1, -0.05) is 25.1 Å². The highest BCUT2D eigenvalue weighted by Crippen LogP contribution is 2.33. The molecule has 7 nitrogen and oxygen atoms in total. The average molecular weight is 473 g/mol. The summed E-state index contributed by atoms with van der Waals surface area (Å²) in [6.07, 6.45) is 3.25. The number of amides is 1. The van der Waals surface area contributed by atoms with E-state index in [4.69, 9.17) is 26.3 Å². The van der Waals surface area contributed by atoms with Gasteiger partial charge in [0.15, 0.2) is 0 Å². The van der Waals surface area contributed by atoms with E-state index in [-0.39, 0.29) is 12.0 Å². The van der Waals surface area contributed by atoms with E-state index in [9.17, 15) is 9.90 Å². The van der Waals surface area contributed by atoms with Gasteiger partial charge in [-0.15, -0.1) is 11.6 Å². The lowest BCUT2D eigenvalue weighted by Crippen LogP contribution is -2.49. The van der Waals surface area contributed by atoms with Crippen molar-refractivity contribution in [1.29, 1.82) is 0 Å². The number of halogens is 1. The van der Waals surface area contributed by atoms with E-state index in [1.165, 1.54) is 0 Å². The minimum absolute atomic E-state index is 0.179. The summed E-state index contributed by atoms with van der Waals surface area (Å²) in [6, 6.07) is 8.04. The molecule has 33 heavy (non-hydrogen) atoms. The number of hydrogen-bond acceptors (Lipinski definition) is 5. The molecule has 4 rings (SSSR count). The number of alkyl halides is 1. The first kappa shape index (κ1) is 23.8. The zero-order chi connectivity index (χ0) is 23.8. The monoisotopic (exact) mass is 472 g/mol. The molecule has 0 aliphatic carbocycles. The smallest absolute Gasteiger partial charge is 0.410 e. The Bertz CT molecular complexity index is 1150. The maximum atomic E-state index is 12.4. The predicted molar refractivity (Wildman–Crippen MR) is 131 cm³/mol. The van der Waals surface area contributed by atoms with Crippen LogP contribution in [-0.2, 0) is 11.3 Å². The van der Waals surface area contributed by atoms with Crippen LogP contribution in [-0.4, -0.2) is 60.8 Å². The van der Waals surface area contributed by atoms with Crippen LogP contribution in [0.25, 0.3) is 21.9 Å². The van der Waals surface area contributed by atoms with Crippen LogP contribution in [0.4, 0.5) is 4.79 Å². The molecule has 3 heterocycles. The molecular weight excluding hydrogens is 440 g/mol. The Morgan fingerprint density at radius 2 is 1.97 bits per heavy atom. The lowest BCUT2D eigenvalue weighted by molar-refractivity contribution is -0.0408. The average Bonchev–Trinajstić information content (AvgIpc) is 3.16. The summed E-state index contributed by atoms with van der Waals surface area (Å²) >= 11 is 6.01. The molecule has 1 saturated heterocycles. The van der Waals surface area contributed by atoms with Gasteiger partial charge in [-0.25, -0.2) is 9.78 Å². The molecule has 1 amide bonds. The standard InChI is InChI=1S/C25H33ClN4O3/c1-17(9-12-26)20-21-22(18-7-5-6-8-19(18)28-20)30(16-27-21)15-25(32)10-13-29(14-11-25)23(31)33-24(2,3)4/h5-8,16-17,32H,9-15H2,1-4H3. The van der Waals surface area contributed by atoms with Crippen LogP contribution >= 0.6 is 11.6 Å². The van der Waals surface area contributed by atoms with Crippen molar-refractivity contribution in [2.24, 2.45) is 0 Å². The molecule has 0 spiro atoms. The number of pyridine rings is 1. The largest absolute Gasteiger partial charge is 0.444 e. The van der Waals surface area contributed by atoms with E-state index in [1.54, 1.807) is 11.2 Å². The summed E-state index contributed by atoms with van der Waals surface area (Å²) in [5, 5.41) is 12.4. The van der Waals surface area contributed by atoms with Crippen molar-refractivity contribution in [1.82, 2.24) is 19.4 Å². The Labute approximate surface area is 199 Å². The summed E-state index contributed by atoms with van der Waals surface area (Å²) in [5.74, 6) is 0.740. The van der Waals surface area contributed by atoms with Crippen molar-refractivity contribution >= 4 is 39.6 Å². The summed E-state index contributed by atoms with van der Waals surface area (Å²) in [6.45, 7) is 9.02. The zero-order valence-corrected chi connectivity index (χ0v) is 20.6. The summed E-state index contributed by atoms with van der Waals surface area (Å²) < 4.78 is 7.53. The number of likely N-dealkylation sites (tertiary alicyclic amines) is 1. The van der Waals surface area contributed by atoms with E-state index in [2.05, 4.69) is 6.92 Å². The van der Waals surface area contributed by atoms with E-state index in [0.29, 0.717) is 38.4 Å². The molecule has 0 radical (unpaired) electrons. The second-order valence-electron chi connectivity index (χ2n) is 10.2. The third kappa shape index (κ3) is 5.09. The topological polar surface area (TPSA) is 80.5 Å². The molecule has 1 unspecified atom stereocenters. The highest BCUT2D eigenvalue weighted by Gasteiger charge is 2.36. The van der Waals surface area contributed by atoms with Gasteiger partial charge in [0, 0.05) is 30.3 Å². The van der Waals surface area contributed by atoms with Crippen molar-refractivity contribution in [3.05, 3.63) is 36.3 Å². The number of ether oxygens (including phenoxy) is 1.